The minimum atomic E-state index is 0.779. The van der Waals surface area contributed by atoms with Crippen LogP contribution in [0.25, 0.3) is 0 Å². The Morgan fingerprint density at radius 1 is 0.909 bits per heavy atom. The Morgan fingerprint density at radius 2 is 1.64 bits per heavy atom. The van der Waals surface area contributed by atoms with Crippen molar-refractivity contribution in [1.29, 1.82) is 0 Å². The first-order valence-electron chi connectivity index (χ1n) is 9.51. The van der Waals surface area contributed by atoms with Crippen molar-refractivity contribution in [2.24, 2.45) is 11.8 Å². The lowest BCUT2D eigenvalue weighted by molar-refractivity contribution is 0.413. The van der Waals surface area contributed by atoms with Crippen LogP contribution in [-0.2, 0) is 0 Å². The van der Waals surface area contributed by atoms with Crippen molar-refractivity contribution in [2.45, 2.75) is 72.6 Å². The van der Waals surface area contributed by atoms with Gasteiger partial charge in [0.15, 0.2) is 0 Å². The van der Waals surface area contributed by atoms with E-state index in [1.54, 1.807) is 0 Å². The highest BCUT2D eigenvalue weighted by Gasteiger charge is 2.13. The van der Waals surface area contributed by atoms with Crippen LogP contribution in [0.15, 0.2) is 30.3 Å². The van der Waals surface area contributed by atoms with Crippen LogP contribution in [0.4, 0.5) is 5.69 Å². The Kier molecular flexibility index (Phi) is 10.0. The molecule has 2 unspecified atom stereocenters. The van der Waals surface area contributed by atoms with Crippen molar-refractivity contribution in [2.75, 3.05) is 18.0 Å². The van der Waals surface area contributed by atoms with E-state index in [1.807, 2.05) is 0 Å². The number of para-hydroxylation sites is 1. The highest BCUT2D eigenvalue weighted by molar-refractivity contribution is 5.45. The minimum absolute atomic E-state index is 0.779. The molecule has 0 amide bonds. The molecular weight excluding hydrogens is 266 g/mol. The molecule has 1 rings (SSSR count). The lowest BCUT2D eigenvalue weighted by Crippen LogP contribution is -2.30. The van der Waals surface area contributed by atoms with Crippen LogP contribution in [0.2, 0.25) is 0 Å². The Hall–Kier alpha value is -0.980. The van der Waals surface area contributed by atoms with Gasteiger partial charge in [0.05, 0.1) is 0 Å². The van der Waals surface area contributed by atoms with E-state index in [2.05, 4.69) is 62.9 Å². The van der Waals surface area contributed by atoms with Gasteiger partial charge in [-0.05, 0) is 36.8 Å². The number of nitrogens with zero attached hydrogens (tertiary/aromatic N) is 1. The van der Waals surface area contributed by atoms with Crippen molar-refractivity contribution in [1.82, 2.24) is 0 Å². The van der Waals surface area contributed by atoms with Crippen molar-refractivity contribution < 1.29 is 0 Å². The molecule has 0 aromatic heterocycles. The summed E-state index contributed by atoms with van der Waals surface area (Å²) >= 11 is 0. The molecule has 0 spiro atoms. The number of anilines is 1. The highest BCUT2D eigenvalue weighted by Crippen LogP contribution is 2.22. The smallest absolute Gasteiger partial charge is 0.0366 e. The van der Waals surface area contributed by atoms with Crippen LogP contribution >= 0.6 is 0 Å². The first-order chi connectivity index (χ1) is 10.7. The predicted octanol–water partition coefficient (Wildman–Crippen LogP) is 6.54. The van der Waals surface area contributed by atoms with Crippen molar-refractivity contribution in [3.05, 3.63) is 30.3 Å². The molecule has 0 bridgehead atoms. The Bertz CT molecular complexity index is 359. The molecule has 0 heterocycles. The molecule has 0 N–H and O–H groups in total. The van der Waals surface area contributed by atoms with Gasteiger partial charge in [-0.15, -0.1) is 0 Å². The Balaban J connectivity index is 2.61. The summed E-state index contributed by atoms with van der Waals surface area (Å²) in [5.41, 5.74) is 1.40. The molecule has 0 saturated carbocycles. The van der Waals surface area contributed by atoms with Crippen molar-refractivity contribution in [3.8, 4) is 0 Å². The van der Waals surface area contributed by atoms with E-state index in [1.165, 1.54) is 63.7 Å². The molecule has 0 fully saturated rings. The maximum atomic E-state index is 2.62. The summed E-state index contributed by atoms with van der Waals surface area (Å²) in [5.74, 6) is 1.67. The summed E-state index contributed by atoms with van der Waals surface area (Å²) in [5, 5.41) is 0. The minimum Gasteiger partial charge on any atom is -0.371 e. The van der Waals surface area contributed by atoms with Crippen LogP contribution in [0.5, 0.6) is 0 Å². The molecule has 2 atom stereocenters. The second-order valence-corrected chi connectivity index (χ2v) is 6.88. The fraction of sp³-hybridized carbons (Fsp3) is 0.714. The van der Waals surface area contributed by atoms with Gasteiger partial charge in [-0.2, -0.15) is 0 Å². The topological polar surface area (TPSA) is 3.24 Å². The standard InChI is InChI=1S/C21H37N/c1-5-8-13-20(7-3)16-17-22(18-19(4)12-6-2)21-14-10-9-11-15-21/h9-11,14-15,19-20H,5-8,12-13,16-18H2,1-4H3. The highest BCUT2D eigenvalue weighted by atomic mass is 15.1. The number of hydrogen-bond acceptors (Lipinski definition) is 1. The third-order valence-electron chi connectivity index (χ3n) is 4.79. The van der Waals surface area contributed by atoms with E-state index in [-0.39, 0.29) is 0 Å². The second kappa shape index (κ2) is 11.6. The fourth-order valence-corrected chi connectivity index (χ4v) is 3.31. The molecule has 0 aliphatic heterocycles. The summed E-state index contributed by atoms with van der Waals surface area (Å²) < 4.78 is 0. The third-order valence-corrected chi connectivity index (χ3v) is 4.79. The summed E-state index contributed by atoms with van der Waals surface area (Å²) in [7, 11) is 0. The zero-order valence-corrected chi connectivity index (χ0v) is 15.4. The van der Waals surface area contributed by atoms with E-state index in [0.29, 0.717) is 0 Å². The van der Waals surface area contributed by atoms with E-state index in [0.717, 1.165) is 11.8 Å². The monoisotopic (exact) mass is 303 g/mol. The number of rotatable bonds is 12. The molecular formula is C21H37N. The summed E-state index contributed by atoms with van der Waals surface area (Å²) in [6, 6.07) is 11.0. The van der Waals surface area contributed by atoms with Crippen LogP contribution < -0.4 is 4.90 Å². The van der Waals surface area contributed by atoms with Gasteiger partial charge in [0.2, 0.25) is 0 Å². The first kappa shape index (κ1) is 19.1. The average molecular weight is 304 g/mol. The van der Waals surface area contributed by atoms with Gasteiger partial charge in [-0.25, -0.2) is 0 Å². The van der Waals surface area contributed by atoms with E-state index >= 15 is 0 Å². The summed E-state index contributed by atoms with van der Waals surface area (Å²) in [6.07, 6.45) is 9.40. The van der Waals surface area contributed by atoms with E-state index in [4.69, 9.17) is 0 Å². The molecule has 0 saturated heterocycles. The average Bonchev–Trinajstić information content (AvgIpc) is 2.55. The van der Waals surface area contributed by atoms with Crippen molar-refractivity contribution in [3.63, 3.8) is 0 Å². The van der Waals surface area contributed by atoms with Gasteiger partial charge in [0.1, 0.15) is 0 Å². The zero-order valence-electron chi connectivity index (χ0n) is 15.4. The quantitative estimate of drug-likeness (QED) is 0.424. The normalized spacial score (nSPS) is 13.8. The van der Waals surface area contributed by atoms with Crippen LogP contribution in [0.3, 0.4) is 0 Å². The number of hydrogen-bond donors (Lipinski definition) is 0. The molecule has 126 valence electrons. The summed E-state index contributed by atoms with van der Waals surface area (Å²) in [6.45, 7) is 11.7. The molecule has 1 heteroatoms. The SMILES string of the molecule is CCCCC(CC)CCN(CC(C)CCC)c1ccccc1. The van der Waals surface area contributed by atoms with Gasteiger partial charge < -0.3 is 4.90 Å². The lowest BCUT2D eigenvalue weighted by Gasteiger charge is -2.29. The van der Waals surface area contributed by atoms with E-state index < -0.39 is 0 Å². The summed E-state index contributed by atoms with van der Waals surface area (Å²) in [4.78, 5) is 2.62. The van der Waals surface area contributed by atoms with Gasteiger partial charge in [-0.3, -0.25) is 0 Å². The van der Waals surface area contributed by atoms with Crippen LogP contribution in [0, 0.1) is 11.8 Å². The predicted molar refractivity (Wildman–Crippen MR) is 101 cm³/mol. The van der Waals surface area contributed by atoms with Crippen molar-refractivity contribution >= 4 is 5.69 Å². The largest absolute Gasteiger partial charge is 0.371 e. The van der Waals surface area contributed by atoms with Gasteiger partial charge in [0, 0.05) is 18.8 Å². The number of unbranched alkanes of at least 4 members (excludes halogenated alkanes) is 1. The van der Waals surface area contributed by atoms with Crippen LogP contribution in [-0.4, -0.2) is 13.1 Å². The molecule has 0 aliphatic carbocycles. The molecule has 22 heavy (non-hydrogen) atoms. The molecule has 1 aromatic rings. The molecule has 0 radical (unpaired) electrons. The molecule has 1 nitrogen and oxygen atoms in total. The molecule has 0 aliphatic rings. The Labute approximate surface area is 139 Å². The Morgan fingerprint density at radius 3 is 2.23 bits per heavy atom. The molecule has 1 aromatic carbocycles. The first-order valence-corrected chi connectivity index (χ1v) is 9.51. The second-order valence-electron chi connectivity index (χ2n) is 6.88. The van der Waals surface area contributed by atoms with E-state index in [9.17, 15) is 0 Å². The van der Waals surface area contributed by atoms with Gasteiger partial charge in [-0.1, -0.05) is 78.0 Å². The van der Waals surface area contributed by atoms with Gasteiger partial charge >= 0.3 is 0 Å². The third kappa shape index (κ3) is 7.33. The zero-order chi connectivity index (χ0) is 16.2. The lowest BCUT2D eigenvalue weighted by atomic mass is 9.95. The fourth-order valence-electron chi connectivity index (χ4n) is 3.31. The maximum Gasteiger partial charge on any atom is 0.0366 e. The van der Waals surface area contributed by atoms with Crippen LogP contribution in [0.1, 0.15) is 72.6 Å². The number of benzene rings is 1. The maximum absolute atomic E-state index is 2.62. The van der Waals surface area contributed by atoms with Gasteiger partial charge in [0.25, 0.3) is 0 Å².